The summed E-state index contributed by atoms with van der Waals surface area (Å²) in [7, 11) is 0. The van der Waals surface area contributed by atoms with E-state index in [1.165, 1.54) is 0 Å². The third-order valence-corrected chi connectivity index (χ3v) is 2.01. The van der Waals surface area contributed by atoms with Gasteiger partial charge in [-0.15, -0.1) is 0 Å². The maximum Gasteiger partial charge on any atom is 0.309 e. The highest BCUT2D eigenvalue weighted by Gasteiger charge is 2.38. The van der Waals surface area contributed by atoms with E-state index < -0.39 is 29.8 Å². The number of alkyl halides is 2. The second-order valence-electron chi connectivity index (χ2n) is 2.77. The fourth-order valence-electron chi connectivity index (χ4n) is 0.964. The summed E-state index contributed by atoms with van der Waals surface area (Å²) in [6.45, 7) is 0. The average Bonchev–Trinajstić information content (AvgIpc) is 2.06. The number of hydrogen-bond acceptors (Lipinski definition) is 2. The quantitative estimate of drug-likeness (QED) is 0.868. The van der Waals surface area contributed by atoms with Crippen molar-refractivity contribution in [2.24, 2.45) is 0 Å². The highest BCUT2D eigenvalue weighted by atomic mass is 79.9. The Labute approximate surface area is 91.1 Å². The Morgan fingerprint density at radius 1 is 1.60 bits per heavy atom. The molecule has 0 radical (unpaired) electrons. The van der Waals surface area contributed by atoms with E-state index in [1.54, 1.807) is 0 Å². The topological polar surface area (TPSA) is 50.2 Å². The zero-order valence-corrected chi connectivity index (χ0v) is 8.76. The van der Waals surface area contributed by atoms with Gasteiger partial charge in [0.2, 0.25) is 5.95 Å². The predicted molar refractivity (Wildman–Crippen MR) is 48.0 cm³/mol. The first-order valence-corrected chi connectivity index (χ1v) is 4.53. The van der Waals surface area contributed by atoms with Crippen molar-refractivity contribution in [3.63, 3.8) is 0 Å². The fourth-order valence-corrected chi connectivity index (χ4v) is 1.30. The number of aromatic nitrogens is 1. The summed E-state index contributed by atoms with van der Waals surface area (Å²) in [5.41, 5.74) is -1.03. The maximum atomic E-state index is 13.2. The molecule has 1 aromatic rings. The van der Waals surface area contributed by atoms with Crippen LogP contribution >= 0.6 is 15.9 Å². The normalized spacial score (nSPS) is 11.5. The van der Waals surface area contributed by atoms with Gasteiger partial charge in [0.1, 0.15) is 6.42 Å². The predicted octanol–water partition coefficient (Wildman–Crippen LogP) is 2.55. The van der Waals surface area contributed by atoms with Crippen molar-refractivity contribution in [2.45, 2.75) is 12.3 Å². The van der Waals surface area contributed by atoms with Crippen molar-refractivity contribution in [1.29, 1.82) is 0 Å². The number of halogens is 4. The van der Waals surface area contributed by atoms with E-state index in [1.807, 2.05) is 0 Å². The van der Waals surface area contributed by atoms with Crippen molar-refractivity contribution in [3.05, 3.63) is 28.2 Å². The van der Waals surface area contributed by atoms with E-state index in [0.717, 1.165) is 12.3 Å². The molecule has 1 aromatic heterocycles. The van der Waals surface area contributed by atoms with Gasteiger partial charge >= 0.3 is 5.97 Å². The van der Waals surface area contributed by atoms with E-state index >= 15 is 0 Å². The summed E-state index contributed by atoms with van der Waals surface area (Å²) in [6, 6.07) is 0.811. The van der Waals surface area contributed by atoms with Crippen LogP contribution in [0.5, 0.6) is 0 Å². The second kappa shape index (κ2) is 4.18. The minimum Gasteiger partial charge on any atom is -0.481 e. The van der Waals surface area contributed by atoms with Crippen molar-refractivity contribution in [3.8, 4) is 0 Å². The monoisotopic (exact) mass is 283 g/mol. The molecule has 1 N–H and O–H groups in total. The van der Waals surface area contributed by atoms with Gasteiger partial charge in [-0.3, -0.25) is 4.79 Å². The molecule has 82 valence electrons. The van der Waals surface area contributed by atoms with Gasteiger partial charge in [0.25, 0.3) is 5.92 Å². The zero-order valence-electron chi connectivity index (χ0n) is 7.18. The summed E-state index contributed by atoms with van der Waals surface area (Å²) in [5.74, 6) is -6.85. The lowest BCUT2D eigenvalue weighted by molar-refractivity contribution is -0.145. The van der Waals surface area contributed by atoms with Crippen LogP contribution < -0.4 is 0 Å². The fraction of sp³-hybridized carbons (Fsp3) is 0.250. The number of nitrogens with zero attached hydrogens (tertiary/aromatic N) is 1. The van der Waals surface area contributed by atoms with Gasteiger partial charge in [-0.05, 0) is 22.0 Å². The van der Waals surface area contributed by atoms with Crippen molar-refractivity contribution in [2.75, 3.05) is 0 Å². The van der Waals surface area contributed by atoms with Gasteiger partial charge in [0.15, 0.2) is 0 Å². The van der Waals surface area contributed by atoms with E-state index in [-0.39, 0.29) is 4.47 Å². The number of carboxylic acid groups (broad SMARTS) is 1. The number of aliphatic carboxylic acids is 1. The van der Waals surface area contributed by atoms with Gasteiger partial charge in [0, 0.05) is 10.7 Å². The molecule has 0 aliphatic rings. The molecule has 0 aliphatic carbocycles. The molecule has 0 unspecified atom stereocenters. The molecule has 0 amide bonds. The van der Waals surface area contributed by atoms with Crippen molar-refractivity contribution >= 4 is 21.9 Å². The molecular weight excluding hydrogens is 279 g/mol. The summed E-state index contributed by atoms with van der Waals surface area (Å²) >= 11 is 2.85. The number of pyridine rings is 1. The van der Waals surface area contributed by atoms with Crippen molar-refractivity contribution < 1.29 is 23.1 Å². The summed E-state index contributed by atoms with van der Waals surface area (Å²) < 4.78 is 39.4. The van der Waals surface area contributed by atoms with E-state index in [2.05, 4.69) is 20.9 Å². The molecule has 0 atom stereocenters. The van der Waals surface area contributed by atoms with Crippen LogP contribution in [0.3, 0.4) is 0 Å². The maximum absolute atomic E-state index is 13.2. The van der Waals surface area contributed by atoms with Gasteiger partial charge in [-0.1, -0.05) is 0 Å². The molecule has 7 heteroatoms. The molecule has 15 heavy (non-hydrogen) atoms. The number of carbonyl (C=O) groups is 1. The highest BCUT2D eigenvalue weighted by Crippen LogP contribution is 2.34. The third-order valence-electron chi connectivity index (χ3n) is 1.57. The van der Waals surface area contributed by atoms with Crippen LogP contribution in [0.2, 0.25) is 0 Å². The molecule has 0 fully saturated rings. The number of carboxylic acids is 1. The molecule has 0 saturated heterocycles. The zero-order chi connectivity index (χ0) is 11.6. The SMILES string of the molecule is O=C(O)CC(F)(F)c1cc(Br)cnc1F. The first-order valence-electron chi connectivity index (χ1n) is 3.74. The van der Waals surface area contributed by atoms with Gasteiger partial charge in [-0.25, -0.2) is 13.8 Å². The van der Waals surface area contributed by atoms with E-state index in [4.69, 9.17) is 5.11 Å². The van der Waals surface area contributed by atoms with E-state index in [0.29, 0.717) is 0 Å². The lowest BCUT2D eigenvalue weighted by atomic mass is 10.1. The lowest BCUT2D eigenvalue weighted by Gasteiger charge is -2.14. The van der Waals surface area contributed by atoms with Crippen LogP contribution in [0.4, 0.5) is 13.2 Å². The Kier molecular flexibility index (Phi) is 3.33. The third kappa shape index (κ3) is 2.92. The minimum atomic E-state index is -3.77. The van der Waals surface area contributed by atoms with Crippen molar-refractivity contribution in [1.82, 2.24) is 4.98 Å². The van der Waals surface area contributed by atoms with Crippen LogP contribution in [-0.4, -0.2) is 16.1 Å². The smallest absolute Gasteiger partial charge is 0.309 e. The molecule has 0 aromatic carbocycles. The Morgan fingerprint density at radius 2 is 2.20 bits per heavy atom. The van der Waals surface area contributed by atoms with Crippen LogP contribution in [-0.2, 0) is 10.7 Å². The Hall–Kier alpha value is -1.11. The molecule has 0 spiro atoms. The molecule has 0 bridgehead atoms. The minimum absolute atomic E-state index is 0.156. The van der Waals surface area contributed by atoms with Crippen LogP contribution in [0.1, 0.15) is 12.0 Å². The first kappa shape index (κ1) is 12.0. The van der Waals surface area contributed by atoms with Crippen LogP contribution in [0.25, 0.3) is 0 Å². The average molecular weight is 284 g/mol. The van der Waals surface area contributed by atoms with Crippen LogP contribution in [0.15, 0.2) is 16.7 Å². The standard InChI is InChI=1S/C8H5BrF3NO2/c9-4-1-5(7(10)13-3-4)8(11,12)2-6(14)15/h1,3H,2H2,(H,14,15). The lowest BCUT2D eigenvalue weighted by Crippen LogP contribution is -2.20. The molecular formula is C8H5BrF3NO2. The molecule has 1 rings (SSSR count). The summed E-state index contributed by atoms with van der Waals surface area (Å²) in [6.07, 6.45) is -0.461. The molecule has 0 saturated carbocycles. The first-order chi connectivity index (χ1) is 6.83. The van der Waals surface area contributed by atoms with E-state index in [9.17, 15) is 18.0 Å². The molecule has 0 aliphatic heterocycles. The highest BCUT2D eigenvalue weighted by molar-refractivity contribution is 9.10. The second-order valence-corrected chi connectivity index (χ2v) is 3.68. The van der Waals surface area contributed by atoms with Gasteiger partial charge < -0.3 is 5.11 Å². The van der Waals surface area contributed by atoms with Gasteiger partial charge in [-0.2, -0.15) is 4.39 Å². The largest absolute Gasteiger partial charge is 0.481 e. The summed E-state index contributed by atoms with van der Waals surface area (Å²) in [5, 5.41) is 8.24. The Balaban J connectivity index is 3.13. The van der Waals surface area contributed by atoms with Gasteiger partial charge in [0.05, 0.1) is 5.56 Å². The Bertz CT molecular complexity index is 397. The van der Waals surface area contributed by atoms with Crippen LogP contribution in [0, 0.1) is 5.95 Å². The number of rotatable bonds is 3. The molecule has 1 heterocycles. The number of hydrogen-bond donors (Lipinski definition) is 1. The molecule has 3 nitrogen and oxygen atoms in total. The Morgan fingerprint density at radius 3 is 2.73 bits per heavy atom. The summed E-state index contributed by atoms with van der Waals surface area (Å²) in [4.78, 5) is 13.2.